The van der Waals surface area contributed by atoms with Crippen LogP contribution in [0.25, 0.3) is 11.0 Å². The Labute approximate surface area is 140 Å². The second-order valence-electron chi connectivity index (χ2n) is 6.83. The van der Waals surface area contributed by atoms with E-state index in [-0.39, 0.29) is 12.5 Å². The first-order valence-electron chi connectivity index (χ1n) is 8.33. The van der Waals surface area contributed by atoms with Crippen LogP contribution in [0.2, 0.25) is 0 Å². The molecule has 1 saturated heterocycles. The highest BCUT2D eigenvalue weighted by Crippen LogP contribution is 2.41. The molecule has 2 aromatic rings. The fourth-order valence-corrected chi connectivity index (χ4v) is 4.26. The molecular weight excluding hydrogens is 304 g/mol. The van der Waals surface area contributed by atoms with Crippen LogP contribution in [-0.2, 0) is 4.79 Å². The third-order valence-corrected chi connectivity index (χ3v) is 5.54. The molecule has 0 bridgehead atoms. The van der Waals surface area contributed by atoms with Crippen molar-refractivity contribution < 1.29 is 4.79 Å². The van der Waals surface area contributed by atoms with Gasteiger partial charge in [-0.1, -0.05) is 0 Å². The summed E-state index contributed by atoms with van der Waals surface area (Å²) in [5, 5.41) is 9.90. The smallest absolute Gasteiger partial charge is 0.223 e. The number of fused-ring (bicyclic) bond motifs is 2. The fraction of sp³-hybridized carbons (Fsp3) is 0.529. The third-order valence-electron chi connectivity index (χ3n) is 5.54. The van der Waals surface area contributed by atoms with Crippen molar-refractivity contribution >= 4 is 22.8 Å². The second-order valence-corrected chi connectivity index (χ2v) is 6.83. The fourth-order valence-electron chi connectivity index (χ4n) is 4.26. The van der Waals surface area contributed by atoms with Gasteiger partial charge in [0.05, 0.1) is 11.5 Å². The standard InChI is InChI=1S/C17H20N6O/c1-22(17-14-2-4-19-16(14)20-10-21-17)13-6-11-8-15(24)23(5-3-18)9-12(11)7-13/h2,4,10-13H,5-9H2,1H3,(H,19,20,21)/t11-,12+,13-/m0/s1. The highest BCUT2D eigenvalue weighted by atomic mass is 16.2. The number of H-pyrrole nitrogens is 1. The molecular formula is C17H20N6O. The van der Waals surface area contributed by atoms with E-state index in [0.29, 0.717) is 30.8 Å². The van der Waals surface area contributed by atoms with Gasteiger partial charge in [-0.05, 0) is 30.7 Å². The zero-order chi connectivity index (χ0) is 16.7. The van der Waals surface area contributed by atoms with Crippen molar-refractivity contribution in [3.8, 4) is 6.07 Å². The molecule has 1 amide bonds. The van der Waals surface area contributed by atoms with Gasteiger partial charge in [0.25, 0.3) is 0 Å². The van der Waals surface area contributed by atoms with Crippen LogP contribution in [-0.4, -0.2) is 51.9 Å². The van der Waals surface area contributed by atoms with E-state index in [1.165, 1.54) is 0 Å². The summed E-state index contributed by atoms with van der Waals surface area (Å²) in [4.78, 5) is 27.9. The van der Waals surface area contributed by atoms with Gasteiger partial charge in [-0.2, -0.15) is 5.26 Å². The van der Waals surface area contributed by atoms with Gasteiger partial charge in [0.15, 0.2) is 0 Å². The number of carbonyl (C=O) groups excluding carboxylic acids is 1. The number of nitrogens with one attached hydrogen (secondary N) is 1. The van der Waals surface area contributed by atoms with Crippen LogP contribution in [0.3, 0.4) is 0 Å². The third kappa shape index (κ3) is 2.39. The highest BCUT2D eigenvalue weighted by molar-refractivity contribution is 5.87. The van der Waals surface area contributed by atoms with E-state index >= 15 is 0 Å². The first kappa shape index (κ1) is 14.9. The Bertz CT molecular complexity index is 809. The molecule has 124 valence electrons. The molecule has 0 unspecified atom stereocenters. The molecule has 4 rings (SSSR count). The quantitative estimate of drug-likeness (QED) is 0.865. The van der Waals surface area contributed by atoms with E-state index in [1.807, 2.05) is 12.3 Å². The average molecular weight is 324 g/mol. The zero-order valence-electron chi connectivity index (χ0n) is 13.6. The van der Waals surface area contributed by atoms with Gasteiger partial charge in [0.2, 0.25) is 5.91 Å². The number of aromatic amines is 1. The largest absolute Gasteiger partial charge is 0.356 e. The van der Waals surface area contributed by atoms with Gasteiger partial charge in [0.1, 0.15) is 24.3 Å². The van der Waals surface area contributed by atoms with Crippen LogP contribution < -0.4 is 4.90 Å². The van der Waals surface area contributed by atoms with Crippen LogP contribution in [0.5, 0.6) is 0 Å². The molecule has 0 spiro atoms. The van der Waals surface area contributed by atoms with E-state index in [4.69, 9.17) is 5.26 Å². The van der Waals surface area contributed by atoms with Crippen molar-refractivity contribution in [1.82, 2.24) is 19.9 Å². The maximum Gasteiger partial charge on any atom is 0.223 e. The highest BCUT2D eigenvalue weighted by Gasteiger charge is 2.42. The Hall–Kier alpha value is -2.62. The van der Waals surface area contributed by atoms with Crippen LogP contribution in [0, 0.1) is 23.2 Å². The number of anilines is 1. The summed E-state index contributed by atoms with van der Waals surface area (Å²) in [6.45, 7) is 0.920. The van der Waals surface area contributed by atoms with E-state index in [2.05, 4.69) is 33.0 Å². The Kier molecular flexibility index (Phi) is 3.60. The molecule has 0 aromatic carbocycles. The molecule has 7 heteroatoms. The van der Waals surface area contributed by atoms with Crippen molar-refractivity contribution in [3.05, 3.63) is 18.6 Å². The number of rotatable bonds is 3. The summed E-state index contributed by atoms with van der Waals surface area (Å²) >= 11 is 0. The van der Waals surface area contributed by atoms with Crippen molar-refractivity contribution in [2.45, 2.75) is 25.3 Å². The van der Waals surface area contributed by atoms with Gasteiger partial charge in [0, 0.05) is 32.3 Å². The minimum absolute atomic E-state index is 0.121. The molecule has 1 aliphatic carbocycles. The van der Waals surface area contributed by atoms with Gasteiger partial charge < -0.3 is 14.8 Å². The van der Waals surface area contributed by atoms with Crippen molar-refractivity contribution in [3.63, 3.8) is 0 Å². The Morgan fingerprint density at radius 2 is 2.25 bits per heavy atom. The van der Waals surface area contributed by atoms with Gasteiger partial charge in [-0.15, -0.1) is 0 Å². The molecule has 7 nitrogen and oxygen atoms in total. The van der Waals surface area contributed by atoms with Crippen LogP contribution in [0.15, 0.2) is 18.6 Å². The number of aromatic nitrogens is 3. The van der Waals surface area contributed by atoms with E-state index in [9.17, 15) is 4.79 Å². The molecule has 2 fully saturated rings. The summed E-state index contributed by atoms with van der Waals surface area (Å²) in [5.74, 6) is 1.96. The van der Waals surface area contributed by atoms with Crippen molar-refractivity contribution in [2.75, 3.05) is 25.0 Å². The Balaban J connectivity index is 1.54. The number of hydrogen-bond donors (Lipinski definition) is 1. The van der Waals surface area contributed by atoms with E-state index < -0.39 is 0 Å². The average Bonchev–Trinajstić information content (AvgIpc) is 3.20. The van der Waals surface area contributed by atoms with Crippen LogP contribution in [0.1, 0.15) is 19.3 Å². The minimum atomic E-state index is 0.121. The number of nitriles is 1. The summed E-state index contributed by atoms with van der Waals surface area (Å²) in [6.07, 6.45) is 6.07. The van der Waals surface area contributed by atoms with Crippen molar-refractivity contribution in [1.29, 1.82) is 5.26 Å². The monoisotopic (exact) mass is 324 g/mol. The lowest BCUT2D eigenvalue weighted by molar-refractivity contribution is -0.135. The molecule has 0 radical (unpaired) electrons. The number of hydrogen-bond acceptors (Lipinski definition) is 5. The number of piperidine rings is 1. The lowest BCUT2D eigenvalue weighted by Crippen LogP contribution is -2.42. The molecule has 1 aliphatic heterocycles. The molecule has 3 heterocycles. The minimum Gasteiger partial charge on any atom is -0.356 e. The van der Waals surface area contributed by atoms with Crippen molar-refractivity contribution in [2.24, 2.45) is 11.8 Å². The number of likely N-dealkylation sites (tertiary alicyclic amines) is 1. The first-order chi connectivity index (χ1) is 11.7. The lowest BCUT2D eigenvalue weighted by Gasteiger charge is -2.33. The maximum absolute atomic E-state index is 12.1. The second kappa shape index (κ2) is 5.78. The Morgan fingerprint density at radius 3 is 3.08 bits per heavy atom. The summed E-state index contributed by atoms with van der Waals surface area (Å²) in [5.41, 5.74) is 0.845. The molecule has 24 heavy (non-hydrogen) atoms. The molecule has 1 saturated carbocycles. The molecule has 2 aliphatic rings. The maximum atomic E-state index is 12.1. The van der Waals surface area contributed by atoms with Gasteiger partial charge in [-0.3, -0.25) is 4.79 Å². The molecule has 1 N–H and O–H groups in total. The SMILES string of the molecule is CN(c1ncnc2[nH]ccc12)[C@H]1C[C@H]2CC(=O)N(CC#N)C[C@H]2C1. The van der Waals surface area contributed by atoms with Gasteiger partial charge in [-0.25, -0.2) is 9.97 Å². The number of carbonyl (C=O) groups is 1. The predicted molar refractivity (Wildman–Crippen MR) is 89.1 cm³/mol. The lowest BCUT2D eigenvalue weighted by atomic mass is 9.88. The van der Waals surface area contributed by atoms with Crippen LogP contribution >= 0.6 is 0 Å². The zero-order valence-corrected chi connectivity index (χ0v) is 13.6. The molecule has 3 atom stereocenters. The summed E-state index contributed by atoms with van der Waals surface area (Å²) in [7, 11) is 2.08. The molecule has 2 aromatic heterocycles. The van der Waals surface area contributed by atoms with E-state index in [0.717, 1.165) is 29.7 Å². The topological polar surface area (TPSA) is 88.9 Å². The Morgan fingerprint density at radius 1 is 1.42 bits per heavy atom. The number of nitrogens with zero attached hydrogens (tertiary/aromatic N) is 5. The first-order valence-corrected chi connectivity index (χ1v) is 8.33. The summed E-state index contributed by atoms with van der Waals surface area (Å²) in [6, 6.07) is 4.46. The van der Waals surface area contributed by atoms with E-state index in [1.54, 1.807) is 11.2 Å². The van der Waals surface area contributed by atoms with Crippen LogP contribution in [0.4, 0.5) is 5.82 Å². The normalized spacial score (nSPS) is 26.4. The van der Waals surface area contributed by atoms with Gasteiger partial charge >= 0.3 is 0 Å². The summed E-state index contributed by atoms with van der Waals surface area (Å²) < 4.78 is 0. The number of amides is 1. The predicted octanol–water partition coefficient (Wildman–Crippen LogP) is 1.54.